The highest BCUT2D eigenvalue weighted by atomic mass is 32.2. The van der Waals surface area contributed by atoms with Gasteiger partial charge in [0.05, 0.1) is 11.7 Å². The van der Waals surface area contributed by atoms with Crippen molar-refractivity contribution in [2.45, 2.75) is 33.1 Å². The van der Waals surface area contributed by atoms with Crippen LogP contribution in [0.1, 0.15) is 33.1 Å². The number of hydrogen-bond acceptors (Lipinski definition) is 4. The summed E-state index contributed by atoms with van der Waals surface area (Å²) in [6.07, 6.45) is 1.94. The standard InChI is InChI=1S/C12H25NO5S/c1-4-5-9-19(16,17)13(7-6-8-18-3)10-11(2)12(14)15/h11H,4-10H2,1-3H3,(H,14,15). The Morgan fingerprint density at radius 1 is 1.37 bits per heavy atom. The predicted octanol–water partition coefficient (Wildman–Crippen LogP) is 1.18. The summed E-state index contributed by atoms with van der Waals surface area (Å²) in [5, 5.41) is 8.90. The van der Waals surface area contributed by atoms with Gasteiger partial charge in [-0.1, -0.05) is 20.3 Å². The SMILES string of the molecule is CCCCS(=O)(=O)N(CCCOC)CC(C)C(=O)O. The lowest BCUT2D eigenvalue weighted by molar-refractivity contribution is -0.141. The van der Waals surface area contributed by atoms with Gasteiger partial charge in [0.15, 0.2) is 0 Å². The third-order valence-corrected chi connectivity index (χ3v) is 4.73. The summed E-state index contributed by atoms with van der Waals surface area (Å²) in [6, 6.07) is 0. The quantitative estimate of drug-likeness (QED) is 0.579. The summed E-state index contributed by atoms with van der Waals surface area (Å²) >= 11 is 0. The zero-order chi connectivity index (χ0) is 14.9. The first-order valence-electron chi connectivity index (χ1n) is 6.54. The number of rotatable bonds is 11. The van der Waals surface area contributed by atoms with Crippen LogP contribution in [0.5, 0.6) is 0 Å². The van der Waals surface area contributed by atoms with Crippen molar-refractivity contribution in [1.29, 1.82) is 0 Å². The maximum absolute atomic E-state index is 12.1. The maximum atomic E-state index is 12.1. The van der Waals surface area contributed by atoms with Gasteiger partial charge in [-0.25, -0.2) is 12.7 Å². The number of sulfonamides is 1. The van der Waals surface area contributed by atoms with Crippen molar-refractivity contribution in [1.82, 2.24) is 4.31 Å². The van der Waals surface area contributed by atoms with E-state index in [9.17, 15) is 13.2 Å². The largest absolute Gasteiger partial charge is 0.481 e. The topological polar surface area (TPSA) is 83.9 Å². The molecular weight excluding hydrogens is 270 g/mol. The summed E-state index contributed by atoms with van der Waals surface area (Å²) in [5.41, 5.74) is 0. The van der Waals surface area contributed by atoms with Crippen LogP contribution < -0.4 is 0 Å². The number of ether oxygens (including phenoxy) is 1. The van der Waals surface area contributed by atoms with Crippen LogP contribution >= 0.6 is 0 Å². The minimum Gasteiger partial charge on any atom is -0.481 e. The van der Waals surface area contributed by atoms with E-state index in [1.165, 1.54) is 11.2 Å². The van der Waals surface area contributed by atoms with Crippen molar-refractivity contribution in [3.63, 3.8) is 0 Å². The molecule has 0 aromatic heterocycles. The molecular formula is C12H25NO5S. The van der Waals surface area contributed by atoms with Gasteiger partial charge in [-0.05, 0) is 12.8 Å². The third-order valence-electron chi connectivity index (χ3n) is 2.80. The highest BCUT2D eigenvalue weighted by molar-refractivity contribution is 7.89. The lowest BCUT2D eigenvalue weighted by Crippen LogP contribution is -2.39. The number of aliphatic carboxylic acids is 1. The minimum absolute atomic E-state index is 0.0189. The molecule has 0 rings (SSSR count). The molecule has 0 fully saturated rings. The van der Waals surface area contributed by atoms with E-state index >= 15 is 0 Å². The molecule has 1 unspecified atom stereocenters. The Morgan fingerprint density at radius 3 is 2.47 bits per heavy atom. The van der Waals surface area contributed by atoms with E-state index in [1.807, 2.05) is 6.92 Å². The molecule has 0 bridgehead atoms. The zero-order valence-electron chi connectivity index (χ0n) is 12.0. The molecule has 1 N–H and O–H groups in total. The summed E-state index contributed by atoms with van der Waals surface area (Å²) in [4.78, 5) is 10.9. The van der Waals surface area contributed by atoms with E-state index in [0.717, 1.165) is 6.42 Å². The summed E-state index contributed by atoms with van der Waals surface area (Å²) < 4.78 is 30.4. The molecule has 0 aliphatic carbocycles. The molecule has 0 heterocycles. The second-order valence-corrected chi connectivity index (χ2v) is 6.70. The molecule has 0 saturated carbocycles. The highest BCUT2D eigenvalue weighted by Gasteiger charge is 2.25. The molecule has 0 saturated heterocycles. The maximum Gasteiger partial charge on any atom is 0.307 e. The molecule has 0 aliphatic heterocycles. The number of nitrogens with zero attached hydrogens (tertiary/aromatic N) is 1. The summed E-state index contributed by atoms with van der Waals surface area (Å²) in [6.45, 7) is 4.22. The van der Waals surface area contributed by atoms with Crippen LogP contribution in [0.4, 0.5) is 0 Å². The van der Waals surface area contributed by atoms with Crippen LogP contribution in [0.3, 0.4) is 0 Å². The molecule has 1 atom stereocenters. The molecule has 19 heavy (non-hydrogen) atoms. The Bertz CT molecular complexity index is 355. The Kier molecular flexibility index (Phi) is 8.95. The van der Waals surface area contributed by atoms with E-state index < -0.39 is 21.9 Å². The number of carboxylic acid groups (broad SMARTS) is 1. The zero-order valence-corrected chi connectivity index (χ0v) is 12.8. The molecule has 0 aromatic rings. The molecule has 6 nitrogen and oxygen atoms in total. The van der Waals surface area contributed by atoms with Gasteiger partial charge in [0.2, 0.25) is 10.0 Å². The van der Waals surface area contributed by atoms with E-state index in [1.54, 1.807) is 7.11 Å². The minimum atomic E-state index is -3.38. The monoisotopic (exact) mass is 295 g/mol. The number of unbranched alkanes of at least 4 members (excludes halogenated alkanes) is 1. The fourth-order valence-corrected chi connectivity index (χ4v) is 3.34. The van der Waals surface area contributed by atoms with Gasteiger partial charge in [0, 0.05) is 26.8 Å². The van der Waals surface area contributed by atoms with Crippen LogP contribution in [0.25, 0.3) is 0 Å². The lowest BCUT2D eigenvalue weighted by Gasteiger charge is -2.23. The first kappa shape index (κ1) is 18.3. The van der Waals surface area contributed by atoms with Crippen LogP contribution in [0.15, 0.2) is 0 Å². The molecule has 0 amide bonds. The smallest absolute Gasteiger partial charge is 0.307 e. The normalized spacial score (nSPS) is 13.7. The van der Waals surface area contributed by atoms with E-state index in [2.05, 4.69) is 0 Å². The van der Waals surface area contributed by atoms with E-state index in [-0.39, 0.29) is 12.3 Å². The second-order valence-electron chi connectivity index (χ2n) is 4.61. The average molecular weight is 295 g/mol. The van der Waals surface area contributed by atoms with Crippen molar-refractivity contribution < 1.29 is 23.1 Å². The van der Waals surface area contributed by atoms with Crippen molar-refractivity contribution >= 4 is 16.0 Å². The number of carbonyl (C=O) groups is 1. The number of methoxy groups -OCH3 is 1. The van der Waals surface area contributed by atoms with Crippen molar-refractivity contribution in [2.75, 3.05) is 32.6 Å². The van der Waals surface area contributed by atoms with E-state index in [4.69, 9.17) is 9.84 Å². The molecule has 7 heteroatoms. The molecule has 0 aromatic carbocycles. The first-order chi connectivity index (χ1) is 8.85. The van der Waals surface area contributed by atoms with Gasteiger partial charge in [-0.2, -0.15) is 0 Å². The average Bonchev–Trinajstić information content (AvgIpc) is 2.35. The van der Waals surface area contributed by atoms with Gasteiger partial charge in [0.1, 0.15) is 0 Å². The third kappa shape index (κ3) is 7.49. The van der Waals surface area contributed by atoms with Gasteiger partial charge in [-0.3, -0.25) is 4.79 Å². The van der Waals surface area contributed by atoms with Crippen LogP contribution in [0, 0.1) is 5.92 Å². The lowest BCUT2D eigenvalue weighted by atomic mass is 10.2. The summed E-state index contributed by atoms with van der Waals surface area (Å²) in [5.74, 6) is -1.62. The first-order valence-corrected chi connectivity index (χ1v) is 8.15. The predicted molar refractivity (Wildman–Crippen MR) is 73.6 cm³/mol. The van der Waals surface area contributed by atoms with Crippen LogP contribution in [-0.2, 0) is 19.6 Å². The number of hydrogen-bond donors (Lipinski definition) is 1. The fraction of sp³-hybridized carbons (Fsp3) is 0.917. The Morgan fingerprint density at radius 2 is 2.00 bits per heavy atom. The van der Waals surface area contributed by atoms with Crippen molar-refractivity contribution in [2.24, 2.45) is 5.92 Å². The Labute approximate surface area is 115 Å². The molecule has 0 aliphatic rings. The van der Waals surface area contributed by atoms with E-state index in [0.29, 0.717) is 26.0 Å². The molecule has 0 radical (unpaired) electrons. The Hall–Kier alpha value is -0.660. The van der Waals surface area contributed by atoms with Crippen LogP contribution in [0.2, 0.25) is 0 Å². The number of carboxylic acids is 1. The molecule has 114 valence electrons. The van der Waals surface area contributed by atoms with Gasteiger partial charge in [0.25, 0.3) is 0 Å². The van der Waals surface area contributed by atoms with Crippen molar-refractivity contribution in [3.8, 4) is 0 Å². The molecule has 0 spiro atoms. The Balaban J connectivity index is 4.68. The van der Waals surface area contributed by atoms with Crippen molar-refractivity contribution in [3.05, 3.63) is 0 Å². The fourth-order valence-electron chi connectivity index (χ4n) is 1.57. The highest BCUT2D eigenvalue weighted by Crippen LogP contribution is 2.10. The van der Waals surface area contributed by atoms with Gasteiger partial charge >= 0.3 is 5.97 Å². The van der Waals surface area contributed by atoms with Gasteiger partial charge < -0.3 is 9.84 Å². The van der Waals surface area contributed by atoms with Crippen LogP contribution in [-0.4, -0.2) is 56.4 Å². The second kappa shape index (κ2) is 9.28. The summed E-state index contributed by atoms with van der Waals surface area (Å²) in [7, 11) is -1.83. The van der Waals surface area contributed by atoms with Gasteiger partial charge in [-0.15, -0.1) is 0 Å².